The van der Waals surface area contributed by atoms with Crippen LogP contribution in [-0.4, -0.2) is 16.8 Å². The van der Waals surface area contributed by atoms with Gasteiger partial charge in [0, 0.05) is 17.7 Å². The summed E-state index contributed by atoms with van der Waals surface area (Å²) in [4.78, 5) is 0. The topological polar surface area (TPSA) is 66.5 Å². The van der Waals surface area contributed by atoms with Crippen molar-refractivity contribution in [1.82, 2.24) is 0 Å². The molecule has 4 N–H and O–H groups in total. The van der Waals surface area contributed by atoms with Gasteiger partial charge in [0.25, 0.3) is 0 Å². The molecule has 0 atom stereocenters. The summed E-state index contributed by atoms with van der Waals surface area (Å²) in [5, 5.41) is 18.6. The molecule has 0 aromatic heterocycles. The number of nitrogens with two attached hydrogens (primary N) is 1. The lowest BCUT2D eigenvalue weighted by atomic mass is 10.1. The molecule has 0 aliphatic rings. The van der Waals surface area contributed by atoms with Gasteiger partial charge in [0.05, 0.1) is 0 Å². The molecule has 0 heterocycles. The molecule has 1 rings (SSSR count). The summed E-state index contributed by atoms with van der Waals surface area (Å²) in [6, 6.07) is 4.67. The fourth-order valence-electron chi connectivity index (χ4n) is 1.05. The SMILES string of the molecule is C=C=C(CN)c1cccc(O)c1O. The average Bonchev–Trinajstić information content (AvgIpc) is 2.14. The van der Waals surface area contributed by atoms with E-state index in [0.29, 0.717) is 11.1 Å². The molecule has 0 saturated carbocycles. The minimum atomic E-state index is -0.181. The van der Waals surface area contributed by atoms with E-state index in [1.54, 1.807) is 12.1 Å². The van der Waals surface area contributed by atoms with Crippen molar-refractivity contribution in [3.8, 4) is 11.5 Å². The second kappa shape index (κ2) is 3.81. The number of rotatable bonds is 2. The van der Waals surface area contributed by atoms with Gasteiger partial charge < -0.3 is 15.9 Å². The lowest BCUT2D eigenvalue weighted by molar-refractivity contribution is 0.402. The molecular weight excluding hydrogens is 166 g/mol. The van der Waals surface area contributed by atoms with Gasteiger partial charge in [0.1, 0.15) is 0 Å². The van der Waals surface area contributed by atoms with E-state index in [9.17, 15) is 10.2 Å². The van der Waals surface area contributed by atoms with Crippen LogP contribution in [0.15, 0.2) is 30.5 Å². The van der Waals surface area contributed by atoms with Gasteiger partial charge in [-0.2, -0.15) is 0 Å². The molecule has 1 aromatic rings. The van der Waals surface area contributed by atoms with E-state index in [1.165, 1.54) is 6.07 Å². The number of para-hydroxylation sites is 1. The number of aromatic hydroxyl groups is 2. The van der Waals surface area contributed by atoms with Gasteiger partial charge in [0.2, 0.25) is 0 Å². The Labute approximate surface area is 76.4 Å². The fourth-order valence-corrected chi connectivity index (χ4v) is 1.05. The zero-order chi connectivity index (χ0) is 9.84. The maximum absolute atomic E-state index is 9.44. The lowest BCUT2D eigenvalue weighted by Gasteiger charge is -2.05. The van der Waals surface area contributed by atoms with Gasteiger partial charge in [-0.05, 0) is 6.07 Å². The molecule has 0 aliphatic carbocycles. The second-order valence-corrected chi connectivity index (χ2v) is 2.53. The summed E-state index contributed by atoms with van der Waals surface area (Å²) >= 11 is 0. The molecule has 1 aromatic carbocycles. The minimum absolute atomic E-state index is 0.168. The smallest absolute Gasteiger partial charge is 0.165 e. The van der Waals surface area contributed by atoms with E-state index in [2.05, 4.69) is 12.3 Å². The van der Waals surface area contributed by atoms with Gasteiger partial charge in [-0.3, -0.25) is 0 Å². The van der Waals surface area contributed by atoms with E-state index < -0.39 is 0 Å². The van der Waals surface area contributed by atoms with E-state index >= 15 is 0 Å². The summed E-state index contributed by atoms with van der Waals surface area (Å²) in [5.41, 5.74) is 9.06. The van der Waals surface area contributed by atoms with Crippen LogP contribution < -0.4 is 5.73 Å². The van der Waals surface area contributed by atoms with Crippen molar-refractivity contribution in [3.63, 3.8) is 0 Å². The first-order chi connectivity index (χ1) is 6.20. The number of hydrogen-bond acceptors (Lipinski definition) is 3. The maximum Gasteiger partial charge on any atom is 0.165 e. The predicted molar refractivity (Wildman–Crippen MR) is 51.4 cm³/mol. The summed E-state index contributed by atoms with van der Waals surface area (Å²) in [7, 11) is 0. The van der Waals surface area contributed by atoms with Crippen molar-refractivity contribution in [1.29, 1.82) is 0 Å². The first kappa shape index (κ1) is 9.39. The number of phenols is 2. The highest BCUT2D eigenvalue weighted by molar-refractivity contribution is 5.72. The highest BCUT2D eigenvalue weighted by Gasteiger charge is 2.08. The number of benzene rings is 1. The summed E-state index contributed by atoms with van der Waals surface area (Å²) in [6.07, 6.45) is 0. The standard InChI is InChI=1S/C10H11NO2/c1-2-7(6-11)8-4-3-5-9(12)10(8)13/h3-5,12-13H,1,6,11H2. The average molecular weight is 177 g/mol. The van der Waals surface area contributed by atoms with E-state index in [0.717, 1.165) is 0 Å². The zero-order valence-corrected chi connectivity index (χ0v) is 7.12. The highest BCUT2D eigenvalue weighted by Crippen LogP contribution is 2.32. The van der Waals surface area contributed by atoms with Gasteiger partial charge in [-0.25, -0.2) is 0 Å². The molecule has 13 heavy (non-hydrogen) atoms. The van der Waals surface area contributed by atoms with Crippen LogP contribution in [0.25, 0.3) is 5.57 Å². The van der Waals surface area contributed by atoms with Crippen LogP contribution in [0.5, 0.6) is 11.5 Å². The van der Waals surface area contributed by atoms with Gasteiger partial charge in [0.15, 0.2) is 11.5 Å². The van der Waals surface area contributed by atoms with E-state index in [4.69, 9.17) is 5.73 Å². The Morgan fingerprint density at radius 1 is 1.46 bits per heavy atom. The molecule has 0 bridgehead atoms. The first-order valence-electron chi connectivity index (χ1n) is 3.81. The summed E-state index contributed by atoms with van der Waals surface area (Å²) in [5.74, 6) is -0.349. The Kier molecular flexibility index (Phi) is 2.75. The van der Waals surface area contributed by atoms with Crippen LogP contribution in [0.1, 0.15) is 5.56 Å². The third-order valence-corrected chi connectivity index (χ3v) is 1.76. The van der Waals surface area contributed by atoms with Crippen LogP contribution in [0, 0.1) is 0 Å². The zero-order valence-electron chi connectivity index (χ0n) is 7.12. The molecule has 0 fully saturated rings. The van der Waals surface area contributed by atoms with Crippen LogP contribution in [-0.2, 0) is 0 Å². The van der Waals surface area contributed by atoms with Crippen molar-refractivity contribution < 1.29 is 10.2 Å². The minimum Gasteiger partial charge on any atom is -0.504 e. The van der Waals surface area contributed by atoms with Gasteiger partial charge in [-0.15, -0.1) is 5.73 Å². The monoisotopic (exact) mass is 177 g/mol. The molecule has 0 unspecified atom stereocenters. The van der Waals surface area contributed by atoms with Crippen LogP contribution in [0.4, 0.5) is 0 Å². The maximum atomic E-state index is 9.44. The molecule has 0 amide bonds. The quantitative estimate of drug-likeness (QED) is 0.470. The fraction of sp³-hybridized carbons (Fsp3) is 0.100. The van der Waals surface area contributed by atoms with Gasteiger partial charge >= 0.3 is 0 Å². The van der Waals surface area contributed by atoms with Crippen molar-refractivity contribution in [3.05, 3.63) is 36.1 Å². The molecule has 3 nitrogen and oxygen atoms in total. The van der Waals surface area contributed by atoms with Crippen molar-refractivity contribution in [2.24, 2.45) is 5.73 Å². The molecule has 68 valence electrons. The molecule has 3 heteroatoms. The Morgan fingerprint density at radius 2 is 2.15 bits per heavy atom. The predicted octanol–water partition coefficient (Wildman–Crippen LogP) is 1.22. The third-order valence-electron chi connectivity index (χ3n) is 1.76. The Morgan fingerprint density at radius 3 is 2.69 bits per heavy atom. The Hall–Kier alpha value is -1.70. The lowest BCUT2D eigenvalue weighted by Crippen LogP contribution is -2.01. The highest BCUT2D eigenvalue weighted by atomic mass is 16.3. The molecule has 0 saturated heterocycles. The third kappa shape index (κ3) is 1.72. The van der Waals surface area contributed by atoms with Crippen molar-refractivity contribution in [2.75, 3.05) is 6.54 Å². The normalized spacial score (nSPS) is 9.31. The largest absolute Gasteiger partial charge is 0.504 e. The van der Waals surface area contributed by atoms with E-state index in [1.807, 2.05) is 0 Å². The second-order valence-electron chi connectivity index (χ2n) is 2.53. The molecule has 0 spiro atoms. The van der Waals surface area contributed by atoms with Gasteiger partial charge in [-0.1, -0.05) is 18.7 Å². The molecular formula is C10H11NO2. The van der Waals surface area contributed by atoms with Crippen LogP contribution >= 0.6 is 0 Å². The Bertz CT molecular complexity index is 365. The van der Waals surface area contributed by atoms with E-state index in [-0.39, 0.29) is 18.0 Å². The molecule has 0 aliphatic heterocycles. The number of phenolic OH excluding ortho intramolecular Hbond substituents is 2. The molecule has 0 radical (unpaired) electrons. The Balaban J connectivity index is 3.30. The number of hydrogen-bond donors (Lipinski definition) is 3. The van der Waals surface area contributed by atoms with Crippen molar-refractivity contribution >= 4 is 5.57 Å². The summed E-state index contributed by atoms with van der Waals surface area (Å²) in [6.45, 7) is 3.67. The summed E-state index contributed by atoms with van der Waals surface area (Å²) < 4.78 is 0. The van der Waals surface area contributed by atoms with Crippen LogP contribution in [0.2, 0.25) is 0 Å². The van der Waals surface area contributed by atoms with Crippen LogP contribution in [0.3, 0.4) is 0 Å². The van der Waals surface area contributed by atoms with Crippen molar-refractivity contribution in [2.45, 2.75) is 0 Å². The first-order valence-corrected chi connectivity index (χ1v) is 3.81.